The fourth-order valence-electron chi connectivity index (χ4n) is 5.15. The Balaban J connectivity index is 1.39. The van der Waals surface area contributed by atoms with Gasteiger partial charge in [0.25, 0.3) is 0 Å². The third kappa shape index (κ3) is 2.79. The third-order valence-electron chi connectivity index (χ3n) is 6.76. The number of hydrogen-bond donors (Lipinski definition) is 1. The van der Waals surface area contributed by atoms with Crippen LogP contribution in [0.3, 0.4) is 0 Å². The molecule has 4 atom stereocenters. The molecule has 1 spiro atoms. The number of nitrogens with one attached hydrogen (secondary N) is 1. The van der Waals surface area contributed by atoms with E-state index in [0.29, 0.717) is 26.2 Å². The normalized spacial score (nSPS) is 32.7. The molecule has 0 aromatic heterocycles. The van der Waals surface area contributed by atoms with E-state index in [9.17, 15) is 14.4 Å². The topological polar surface area (TPSA) is 79.0 Å². The number of rotatable bonds is 3. The van der Waals surface area contributed by atoms with E-state index in [-0.39, 0.29) is 30.4 Å². The van der Waals surface area contributed by atoms with Gasteiger partial charge in [0.1, 0.15) is 5.60 Å². The zero-order chi connectivity index (χ0) is 20.3. The van der Waals surface area contributed by atoms with Crippen LogP contribution < -0.4 is 5.32 Å². The first kappa shape index (κ1) is 18.4. The van der Waals surface area contributed by atoms with Crippen molar-refractivity contribution in [2.75, 3.05) is 26.2 Å². The second-order valence-electron chi connectivity index (χ2n) is 8.62. The molecule has 29 heavy (non-hydrogen) atoms. The maximum atomic E-state index is 13.4. The number of ether oxygens (including phenoxy) is 1. The minimum Gasteiger partial charge on any atom is -0.360 e. The Morgan fingerprint density at radius 1 is 1.28 bits per heavy atom. The van der Waals surface area contributed by atoms with Gasteiger partial charge in [0.2, 0.25) is 17.7 Å². The lowest BCUT2D eigenvalue weighted by Crippen LogP contribution is -2.54. The van der Waals surface area contributed by atoms with Gasteiger partial charge in [-0.1, -0.05) is 30.4 Å². The minimum atomic E-state index is -0.722. The SMILES string of the molecule is Cc1ccc(CN2C[C@@]34C=C[C@@H](O3)C(C(=O)N3CCNC(=O)C3)C4C2=O)cc1C. The number of hydrogen-bond acceptors (Lipinski definition) is 4. The van der Waals surface area contributed by atoms with Crippen LogP contribution in [0.25, 0.3) is 0 Å². The maximum Gasteiger partial charge on any atom is 0.239 e. The van der Waals surface area contributed by atoms with Crippen molar-refractivity contribution < 1.29 is 19.1 Å². The quantitative estimate of drug-likeness (QED) is 0.758. The van der Waals surface area contributed by atoms with Crippen molar-refractivity contribution in [3.05, 3.63) is 47.0 Å². The Labute approximate surface area is 169 Å². The predicted octanol–water partition coefficient (Wildman–Crippen LogP) is 0.544. The molecule has 3 fully saturated rings. The van der Waals surface area contributed by atoms with Crippen LogP contribution in [0.4, 0.5) is 0 Å². The van der Waals surface area contributed by atoms with Crippen LogP contribution in [0.5, 0.6) is 0 Å². The van der Waals surface area contributed by atoms with E-state index in [2.05, 4.69) is 31.3 Å². The van der Waals surface area contributed by atoms with Crippen LogP contribution >= 0.6 is 0 Å². The number of carbonyl (C=O) groups excluding carboxylic acids is 3. The summed E-state index contributed by atoms with van der Waals surface area (Å²) in [6.45, 7) is 6.06. The van der Waals surface area contributed by atoms with Gasteiger partial charge in [-0.05, 0) is 30.5 Å². The zero-order valence-electron chi connectivity index (χ0n) is 16.7. The summed E-state index contributed by atoms with van der Waals surface area (Å²) in [6.07, 6.45) is 3.49. The molecule has 7 heteroatoms. The van der Waals surface area contributed by atoms with Gasteiger partial charge in [0, 0.05) is 19.6 Å². The molecule has 1 aromatic rings. The molecule has 2 unspecified atom stereocenters. The number of benzene rings is 1. The number of carbonyl (C=O) groups is 3. The first-order valence-electron chi connectivity index (χ1n) is 10.2. The molecule has 7 nitrogen and oxygen atoms in total. The molecule has 0 radical (unpaired) electrons. The smallest absolute Gasteiger partial charge is 0.239 e. The molecule has 1 N–H and O–H groups in total. The van der Waals surface area contributed by atoms with Crippen molar-refractivity contribution in [1.29, 1.82) is 0 Å². The van der Waals surface area contributed by atoms with Crippen molar-refractivity contribution in [2.45, 2.75) is 32.1 Å². The highest BCUT2D eigenvalue weighted by molar-refractivity contribution is 5.94. The van der Waals surface area contributed by atoms with Crippen molar-refractivity contribution in [3.63, 3.8) is 0 Å². The van der Waals surface area contributed by atoms with Crippen LogP contribution in [0.15, 0.2) is 30.4 Å². The lowest BCUT2D eigenvalue weighted by atomic mass is 9.76. The number of piperazine rings is 1. The van der Waals surface area contributed by atoms with Crippen molar-refractivity contribution in [3.8, 4) is 0 Å². The van der Waals surface area contributed by atoms with Gasteiger partial charge in [0.05, 0.1) is 31.0 Å². The second-order valence-corrected chi connectivity index (χ2v) is 8.62. The zero-order valence-corrected chi connectivity index (χ0v) is 16.7. The number of amides is 3. The third-order valence-corrected chi connectivity index (χ3v) is 6.76. The first-order chi connectivity index (χ1) is 13.9. The molecule has 3 amide bonds. The van der Waals surface area contributed by atoms with Crippen molar-refractivity contribution in [2.24, 2.45) is 11.8 Å². The Bertz CT molecular complexity index is 942. The second kappa shape index (κ2) is 6.42. The first-order valence-corrected chi connectivity index (χ1v) is 10.2. The highest BCUT2D eigenvalue weighted by atomic mass is 16.5. The molecule has 4 aliphatic rings. The van der Waals surface area contributed by atoms with Crippen LogP contribution in [-0.2, 0) is 25.7 Å². The van der Waals surface area contributed by atoms with Gasteiger partial charge in [-0.3, -0.25) is 14.4 Å². The van der Waals surface area contributed by atoms with Crippen LogP contribution in [0.2, 0.25) is 0 Å². The lowest BCUT2D eigenvalue weighted by Gasteiger charge is -2.32. The molecule has 4 heterocycles. The summed E-state index contributed by atoms with van der Waals surface area (Å²) in [7, 11) is 0. The monoisotopic (exact) mass is 395 g/mol. The molecule has 4 aliphatic heterocycles. The van der Waals surface area contributed by atoms with Gasteiger partial charge in [-0.2, -0.15) is 0 Å². The van der Waals surface area contributed by atoms with Crippen LogP contribution in [0.1, 0.15) is 16.7 Å². The van der Waals surface area contributed by atoms with Gasteiger partial charge in [-0.25, -0.2) is 0 Å². The van der Waals surface area contributed by atoms with Crippen LogP contribution in [-0.4, -0.2) is 65.4 Å². The van der Waals surface area contributed by atoms with Crippen molar-refractivity contribution in [1.82, 2.24) is 15.1 Å². The van der Waals surface area contributed by atoms with Gasteiger partial charge >= 0.3 is 0 Å². The molecule has 1 aromatic carbocycles. The average Bonchev–Trinajstić information content (AvgIpc) is 3.33. The Kier molecular flexibility index (Phi) is 4.07. The van der Waals surface area contributed by atoms with Crippen LogP contribution in [0, 0.1) is 25.7 Å². The fraction of sp³-hybridized carbons (Fsp3) is 0.500. The molecule has 0 aliphatic carbocycles. The van der Waals surface area contributed by atoms with E-state index in [1.165, 1.54) is 11.1 Å². The summed E-state index contributed by atoms with van der Waals surface area (Å²) >= 11 is 0. The molecule has 2 bridgehead atoms. The van der Waals surface area contributed by atoms with Gasteiger partial charge < -0.3 is 19.9 Å². The summed E-state index contributed by atoms with van der Waals surface area (Å²) in [5.74, 6) is -1.41. The number of likely N-dealkylation sites (tertiary alicyclic amines) is 1. The maximum absolute atomic E-state index is 13.4. The molecule has 0 saturated carbocycles. The largest absolute Gasteiger partial charge is 0.360 e. The Morgan fingerprint density at radius 3 is 2.86 bits per heavy atom. The highest BCUT2D eigenvalue weighted by Crippen LogP contribution is 2.52. The standard InChI is InChI=1S/C22H25N3O4/c1-13-3-4-15(9-14(13)2)10-25-12-22-6-5-16(29-22)18(19(22)21(25)28)20(27)24-8-7-23-17(26)11-24/h3-6,9,16,18-19H,7-8,10-12H2,1-2H3,(H,23,26)/t16-,18?,19?,22-/m1/s1. The summed E-state index contributed by atoms with van der Waals surface area (Å²) < 4.78 is 6.19. The predicted molar refractivity (Wildman–Crippen MR) is 105 cm³/mol. The number of fused-ring (bicyclic) bond motifs is 1. The summed E-state index contributed by atoms with van der Waals surface area (Å²) in [6, 6.07) is 6.22. The minimum absolute atomic E-state index is 0.0325. The highest BCUT2D eigenvalue weighted by Gasteiger charge is 2.67. The average molecular weight is 395 g/mol. The van der Waals surface area contributed by atoms with Crippen molar-refractivity contribution >= 4 is 17.7 Å². The van der Waals surface area contributed by atoms with Gasteiger partial charge in [-0.15, -0.1) is 0 Å². The van der Waals surface area contributed by atoms with E-state index in [4.69, 9.17) is 4.74 Å². The summed E-state index contributed by atoms with van der Waals surface area (Å²) in [5, 5.41) is 2.73. The van der Waals surface area contributed by atoms with E-state index in [1.54, 1.807) is 4.90 Å². The Morgan fingerprint density at radius 2 is 2.10 bits per heavy atom. The summed E-state index contributed by atoms with van der Waals surface area (Å²) in [4.78, 5) is 41.7. The molecular weight excluding hydrogens is 370 g/mol. The lowest BCUT2D eigenvalue weighted by molar-refractivity contribution is -0.146. The molecular formula is C22H25N3O4. The summed E-state index contributed by atoms with van der Waals surface area (Å²) in [5.41, 5.74) is 2.77. The molecule has 152 valence electrons. The fourth-order valence-corrected chi connectivity index (χ4v) is 5.15. The van der Waals surface area contributed by atoms with E-state index >= 15 is 0 Å². The van der Waals surface area contributed by atoms with E-state index in [0.717, 1.165) is 5.56 Å². The number of aryl methyl sites for hydroxylation is 2. The molecule has 5 rings (SSSR count). The molecule has 3 saturated heterocycles. The van der Waals surface area contributed by atoms with E-state index in [1.807, 2.05) is 23.1 Å². The number of nitrogens with zero attached hydrogens (tertiary/aromatic N) is 2. The van der Waals surface area contributed by atoms with Gasteiger partial charge in [0.15, 0.2) is 0 Å². The van der Waals surface area contributed by atoms with E-state index < -0.39 is 17.4 Å². The Hall–Kier alpha value is -2.67.